The van der Waals surface area contributed by atoms with Crippen LogP contribution in [0.1, 0.15) is 16.1 Å². The number of ether oxygens (including phenoxy) is 1. The Bertz CT molecular complexity index is 960. The SMILES string of the molecule is COc1ccc(CCNC(=O)c2cc(=O)c3c(O)cccc3o2)cc1. The molecule has 0 aliphatic carbocycles. The second kappa shape index (κ2) is 7.09. The minimum Gasteiger partial charge on any atom is -0.507 e. The van der Waals surface area contributed by atoms with Crippen molar-refractivity contribution in [3.8, 4) is 11.5 Å². The van der Waals surface area contributed by atoms with E-state index in [0.717, 1.165) is 17.4 Å². The van der Waals surface area contributed by atoms with Crippen molar-refractivity contribution in [3.63, 3.8) is 0 Å². The summed E-state index contributed by atoms with van der Waals surface area (Å²) in [5.41, 5.74) is 0.762. The molecule has 0 saturated heterocycles. The molecule has 0 unspecified atom stereocenters. The van der Waals surface area contributed by atoms with Crippen LogP contribution >= 0.6 is 0 Å². The number of phenolic OH excluding ortho intramolecular Hbond substituents is 1. The second-order valence-corrected chi connectivity index (χ2v) is 5.48. The van der Waals surface area contributed by atoms with Crippen LogP contribution in [0.25, 0.3) is 11.0 Å². The van der Waals surface area contributed by atoms with Gasteiger partial charge in [0.05, 0.1) is 7.11 Å². The number of amides is 1. The molecule has 0 bridgehead atoms. The minimum absolute atomic E-state index is 0.0669. The molecule has 2 aromatic carbocycles. The lowest BCUT2D eigenvalue weighted by molar-refractivity contribution is 0.0927. The standard InChI is InChI=1S/C19H17NO5/c1-24-13-7-5-12(6-8-13)9-10-20-19(23)17-11-15(22)18-14(21)3-2-4-16(18)25-17/h2-8,11,21H,9-10H2,1H3,(H,20,23). The average molecular weight is 339 g/mol. The normalized spacial score (nSPS) is 10.6. The molecule has 6 nitrogen and oxygen atoms in total. The third kappa shape index (κ3) is 3.63. The van der Waals surface area contributed by atoms with E-state index in [1.165, 1.54) is 12.1 Å². The van der Waals surface area contributed by atoms with Crippen LogP contribution in [-0.4, -0.2) is 24.7 Å². The summed E-state index contributed by atoms with van der Waals surface area (Å²) in [6.45, 7) is 0.396. The molecule has 0 radical (unpaired) electrons. The van der Waals surface area contributed by atoms with E-state index >= 15 is 0 Å². The maximum atomic E-state index is 12.2. The Labute approximate surface area is 143 Å². The van der Waals surface area contributed by atoms with Crippen molar-refractivity contribution in [1.82, 2.24) is 5.32 Å². The van der Waals surface area contributed by atoms with E-state index in [9.17, 15) is 14.7 Å². The van der Waals surface area contributed by atoms with Crippen LogP contribution in [0, 0.1) is 0 Å². The van der Waals surface area contributed by atoms with E-state index in [0.29, 0.717) is 13.0 Å². The van der Waals surface area contributed by atoms with E-state index in [4.69, 9.17) is 9.15 Å². The van der Waals surface area contributed by atoms with Crippen molar-refractivity contribution in [2.24, 2.45) is 0 Å². The molecule has 25 heavy (non-hydrogen) atoms. The van der Waals surface area contributed by atoms with Crippen LogP contribution in [-0.2, 0) is 6.42 Å². The van der Waals surface area contributed by atoms with E-state index in [2.05, 4.69) is 5.32 Å². The van der Waals surface area contributed by atoms with Gasteiger partial charge in [-0.25, -0.2) is 0 Å². The highest BCUT2D eigenvalue weighted by Crippen LogP contribution is 2.21. The Balaban J connectivity index is 1.69. The van der Waals surface area contributed by atoms with Crippen LogP contribution in [0.3, 0.4) is 0 Å². The van der Waals surface area contributed by atoms with Gasteiger partial charge in [0.2, 0.25) is 0 Å². The summed E-state index contributed by atoms with van der Waals surface area (Å²) in [5.74, 6) is 0.0420. The molecule has 128 valence electrons. The number of hydrogen-bond acceptors (Lipinski definition) is 5. The van der Waals surface area contributed by atoms with E-state index < -0.39 is 11.3 Å². The van der Waals surface area contributed by atoms with E-state index in [-0.39, 0.29) is 22.5 Å². The molecule has 3 rings (SSSR count). The van der Waals surface area contributed by atoms with E-state index in [1.807, 2.05) is 24.3 Å². The fourth-order valence-corrected chi connectivity index (χ4v) is 2.50. The lowest BCUT2D eigenvalue weighted by Gasteiger charge is -2.07. The first-order chi connectivity index (χ1) is 12.1. The van der Waals surface area contributed by atoms with Crippen LogP contribution in [0.4, 0.5) is 0 Å². The lowest BCUT2D eigenvalue weighted by atomic mass is 10.1. The average Bonchev–Trinajstić information content (AvgIpc) is 2.62. The number of fused-ring (bicyclic) bond motifs is 1. The van der Waals surface area contributed by atoms with Crippen molar-refractivity contribution < 1.29 is 19.1 Å². The lowest BCUT2D eigenvalue weighted by Crippen LogP contribution is -2.26. The number of carbonyl (C=O) groups excluding carboxylic acids is 1. The maximum Gasteiger partial charge on any atom is 0.287 e. The number of benzene rings is 2. The molecule has 0 aliphatic rings. The number of rotatable bonds is 5. The molecule has 2 N–H and O–H groups in total. The molecular weight excluding hydrogens is 322 g/mol. The summed E-state index contributed by atoms with van der Waals surface area (Å²) >= 11 is 0. The molecule has 0 fully saturated rings. The first-order valence-electron chi connectivity index (χ1n) is 7.75. The van der Waals surface area contributed by atoms with Gasteiger partial charge in [-0.3, -0.25) is 9.59 Å². The molecule has 0 saturated carbocycles. The van der Waals surface area contributed by atoms with Crippen LogP contribution in [0.15, 0.2) is 57.7 Å². The fourth-order valence-electron chi connectivity index (χ4n) is 2.50. The Morgan fingerprint density at radius 3 is 2.68 bits per heavy atom. The predicted molar refractivity (Wildman–Crippen MR) is 93.2 cm³/mol. The monoisotopic (exact) mass is 339 g/mol. The molecule has 1 heterocycles. The van der Waals surface area contributed by atoms with Crippen molar-refractivity contribution >= 4 is 16.9 Å². The second-order valence-electron chi connectivity index (χ2n) is 5.48. The van der Waals surface area contributed by atoms with Crippen LogP contribution in [0.2, 0.25) is 0 Å². The van der Waals surface area contributed by atoms with Gasteiger partial charge in [-0.2, -0.15) is 0 Å². The predicted octanol–water partition coefficient (Wildman–Crippen LogP) is 2.48. The Morgan fingerprint density at radius 2 is 1.96 bits per heavy atom. The molecule has 1 amide bonds. The summed E-state index contributed by atoms with van der Waals surface area (Å²) in [6, 6.07) is 13.1. The number of aromatic hydroxyl groups is 1. The number of phenols is 1. The van der Waals surface area contributed by atoms with Gasteiger partial charge in [-0.05, 0) is 36.2 Å². The summed E-state index contributed by atoms with van der Waals surface area (Å²) in [7, 11) is 1.60. The fraction of sp³-hybridized carbons (Fsp3) is 0.158. The smallest absolute Gasteiger partial charge is 0.287 e. The summed E-state index contributed by atoms with van der Waals surface area (Å²) in [4.78, 5) is 24.3. The van der Waals surface area contributed by atoms with Gasteiger partial charge in [0.15, 0.2) is 11.2 Å². The van der Waals surface area contributed by atoms with E-state index in [1.54, 1.807) is 13.2 Å². The molecule has 1 aromatic heterocycles. The highest BCUT2D eigenvalue weighted by molar-refractivity contribution is 5.93. The molecule has 0 atom stereocenters. The number of hydrogen-bond donors (Lipinski definition) is 2. The zero-order valence-electron chi connectivity index (χ0n) is 13.6. The van der Waals surface area contributed by atoms with Crippen molar-refractivity contribution in [3.05, 3.63) is 70.1 Å². The Kier molecular flexibility index (Phi) is 4.70. The molecule has 0 spiro atoms. The zero-order chi connectivity index (χ0) is 17.8. The Hall–Kier alpha value is -3.28. The highest BCUT2D eigenvalue weighted by atomic mass is 16.5. The molecule has 3 aromatic rings. The van der Waals surface area contributed by atoms with Crippen molar-refractivity contribution in [1.29, 1.82) is 0 Å². The van der Waals surface area contributed by atoms with Gasteiger partial charge in [0.25, 0.3) is 5.91 Å². The van der Waals surface area contributed by atoms with Gasteiger partial charge in [0.1, 0.15) is 22.5 Å². The maximum absolute atomic E-state index is 12.2. The quantitative estimate of drug-likeness (QED) is 0.745. The van der Waals surface area contributed by atoms with Gasteiger partial charge < -0.3 is 19.6 Å². The first kappa shape index (κ1) is 16.6. The van der Waals surface area contributed by atoms with Gasteiger partial charge in [-0.15, -0.1) is 0 Å². The summed E-state index contributed by atoms with van der Waals surface area (Å²) in [6.07, 6.45) is 0.633. The largest absolute Gasteiger partial charge is 0.507 e. The highest BCUT2D eigenvalue weighted by Gasteiger charge is 2.13. The number of carbonyl (C=O) groups is 1. The topological polar surface area (TPSA) is 88.8 Å². The van der Waals surface area contributed by atoms with Crippen LogP contribution in [0.5, 0.6) is 11.5 Å². The number of nitrogens with one attached hydrogen (secondary N) is 1. The van der Waals surface area contributed by atoms with Gasteiger partial charge >= 0.3 is 0 Å². The minimum atomic E-state index is -0.476. The van der Waals surface area contributed by atoms with Crippen molar-refractivity contribution in [2.75, 3.05) is 13.7 Å². The molecular formula is C19H17NO5. The third-order valence-corrected chi connectivity index (χ3v) is 3.81. The van der Waals surface area contributed by atoms with Gasteiger partial charge in [0, 0.05) is 12.6 Å². The number of methoxy groups -OCH3 is 1. The summed E-state index contributed by atoms with van der Waals surface area (Å²) in [5, 5.41) is 12.5. The Morgan fingerprint density at radius 1 is 1.20 bits per heavy atom. The summed E-state index contributed by atoms with van der Waals surface area (Å²) < 4.78 is 10.5. The van der Waals surface area contributed by atoms with Crippen molar-refractivity contribution in [2.45, 2.75) is 6.42 Å². The van der Waals surface area contributed by atoms with Crippen LogP contribution < -0.4 is 15.5 Å². The first-order valence-corrected chi connectivity index (χ1v) is 7.75. The molecule has 0 aliphatic heterocycles. The molecule has 6 heteroatoms. The zero-order valence-corrected chi connectivity index (χ0v) is 13.6. The van der Waals surface area contributed by atoms with Gasteiger partial charge in [-0.1, -0.05) is 18.2 Å². The third-order valence-electron chi connectivity index (χ3n) is 3.81.